The topological polar surface area (TPSA) is 79.3 Å². The maximum absolute atomic E-state index is 13.1. The molecule has 0 amide bonds. The van der Waals surface area contributed by atoms with E-state index in [4.69, 9.17) is 4.74 Å². The summed E-state index contributed by atoms with van der Waals surface area (Å²) in [4.78, 5) is 19.8. The Balaban J connectivity index is 1.44. The Morgan fingerprint density at radius 3 is 2.83 bits per heavy atom. The van der Waals surface area contributed by atoms with Gasteiger partial charge in [-0.3, -0.25) is 9.79 Å². The second-order valence-electron chi connectivity index (χ2n) is 8.91. The van der Waals surface area contributed by atoms with Crippen LogP contribution in [0.5, 0.6) is 0 Å². The minimum Gasteiger partial charge on any atom is -0.384 e. The molecule has 4 aliphatic rings. The molecule has 0 aromatic heterocycles. The Kier molecular flexibility index (Phi) is 4.56. The summed E-state index contributed by atoms with van der Waals surface area (Å²) in [5.74, 6) is 0.550. The highest BCUT2D eigenvalue weighted by Gasteiger charge is 2.45. The van der Waals surface area contributed by atoms with E-state index in [1.54, 1.807) is 25.3 Å². The van der Waals surface area contributed by atoms with Gasteiger partial charge in [0.05, 0.1) is 22.8 Å². The maximum atomic E-state index is 13.1. The summed E-state index contributed by atoms with van der Waals surface area (Å²) in [7, 11) is -1.99. The molecule has 156 valence electrons. The molecule has 1 saturated heterocycles. The first kappa shape index (κ1) is 19.2. The van der Waals surface area contributed by atoms with E-state index >= 15 is 0 Å². The molecule has 1 aromatic rings. The van der Waals surface area contributed by atoms with Crippen molar-refractivity contribution >= 4 is 27.3 Å². The lowest BCUT2D eigenvalue weighted by molar-refractivity contribution is 0.106. The van der Waals surface area contributed by atoms with Crippen molar-refractivity contribution in [2.24, 2.45) is 16.3 Å². The predicted octanol–water partition coefficient (Wildman–Crippen LogP) is 2.32. The van der Waals surface area contributed by atoms with E-state index in [1.165, 1.54) is 17.1 Å². The number of aliphatic imine (C=N–C) groups is 1. The molecule has 7 nitrogen and oxygen atoms in total. The van der Waals surface area contributed by atoms with Gasteiger partial charge < -0.3 is 9.64 Å². The molecule has 1 spiro atoms. The van der Waals surface area contributed by atoms with Gasteiger partial charge in [-0.1, -0.05) is 12.8 Å². The van der Waals surface area contributed by atoms with Gasteiger partial charge in [0, 0.05) is 38.7 Å². The molecule has 1 aromatic carbocycles. The number of Topliss-reactive ketones (excluding diaryl/α,β-unsaturated/α-hetero) is 1. The van der Waals surface area contributed by atoms with Gasteiger partial charge in [-0.05, 0) is 43.4 Å². The maximum Gasteiger partial charge on any atom is 0.243 e. The van der Waals surface area contributed by atoms with Crippen molar-refractivity contribution in [2.75, 3.05) is 44.8 Å². The summed E-state index contributed by atoms with van der Waals surface area (Å²) in [6, 6.07) is 4.99. The molecular formula is C21H27N3O4S. The highest BCUT2D eigenvalue weighted by atomic mass is 32.2. The largest absolute Gasteiger partial charge is 0.384 e. The number of sulfonamides is 1. The van der Waals surface area contributed by atoms with Gasteiger partial charge in [-0.15, -0.1) is 0 Å². The highest BCUT2D eigenvalue weighted by Crippen LogP contribution is 2.45. The van der Waals surface area contributed by atoms with Gasteiger partial charge >= 0.3 is 0 Å². The van der Waals surface area contributed by atoms with Crippen LogP contribution in [0.1, 0.15) is 42.5 Å². The summed E-state index contributed by atoms with van der Waals surface area (Å²) in [6.45, 7) is 3.02. The first-order valence-corrected chi connectivity index (χ1v) is 11.9. The minimum atomic E-state index is -3.62. The van der Waals surface area contributed by atoms with Crippen LogP contribution in [0.3, 0.4) is 0 Å². The molecule has 1 saturated carbocycles. The molecule has 0 N–H and O–H groups in total. The van der Waals surface area contributed by atoms with Crippen LogP contribution in [-0.4, -0.2) is 64.2 Å². The van der Waals surface area contributed by atoms with E-state index < -0.39 is 10.0 Å². The smallest absolute Gasteiger partial charge is 0.243 e. The Bertz CT molecular complexity index is 982. The number of rotatable bonds is 4. The van der Waals surface area contributed by atoms with Crippen molar-refractivity contribution in [1.29, 1.82) is 0 Å². The summed E-state index contributed by atoms with van der Waals surface area (Å²) in [5.41, 5.74) is 1.44. The third-order valence-electron chi connectivity index (χ3n) is 6.97. The average Bonchev–Trinajstić information content (AvgIpc) is 3.43. The lowest BCUT2D eigenvalue weighted by Crippen LogP contribution is -2.45. The third-order valence-corrected chi connectivity index (χ3v) is 8.83. The number of nitrogens with zero attached hydrogens (tertiary/aromatic N) is 3. The van der Waals surface area contributed by atoms with Gasteiger partial charge in [0.25, 0.3) is 0 Å². The summed E-state index contributed by atoms with van der Waals surface area (Å²) in [6.07, 6.45) is 5.53. The van der Waals surface area contributed by atoms with Crippen LogP contribution in [0, 0.1) is 11.3 Å². The molecule has 2 fully saturated rings. The number of carbonyl (C=O) groups is 1. The van der Waals surface area contributed by atoms with E-state index in [1.807, 2.05) is 4.90 Å². The van der Waals surface area contributed by atoms with Gasteiger partial charge in [0.2, 0.25) is 15.8 Å². The van der Waals surface area contributed by atoms with Crippen LogP contribution in [0.2, 0.25) is 0 Å². The standard InChI is InChI=1S/C21H27N3O4S/c1-28-12-15-6-9-23(11-15)29(26,27)16-4-5-18-17(10-16)19(25)20-22-13-21(14-24(18)20)7-2-3-8-21/h4-5,10,15H,2-3,6-9,11-14H2,1H3/t15-/m1/s1. The number of benzene rings is 1. The van der Waals surface area contributed by atoms with Crippen molar-refractivity contribution in [2.45, 2.75) is 37.0 Å². The van der Waals surface area contributed by atoms with Crippen molar-refractivity contribution < 1.29 is 17.9 Å². The second-order valence-corrected chi connectivity index (χ2v) is 10.9. The molecule has 0 unspecified atom stereocenters. The van der Waals surface area contributed by atoms with Crippen LogP contribution in [0.4, 0.5) is 5.69 Å². The van der Waals surface area contributed by atoms with Gasteiger partial charge in [0.1, 0.15) is 0 Å². The zero-order valence-electron chi connectivity index (χ0n) is 16.8. The van der Waals surface area contributed by atoms with Gasteiger partial charge in [0.15, 0.2) is 5.84 Å². The molecule has 0 bridgehead atoms. The van der Waals surface area contributed by atoms with Crippen molar-refractivity contribution in [3.8, 4) is 0 Å². The van der Waals surface area contributed by atoms with E-state index in [9.17, 15) is 13.2 Å². The molecule has 29 heavy (non-hydrogen) atoms. The fraction of sp³-hybridized carbons (Fsp3) is 0.619. The number of amidine groups is 1. The summed E-state index contributed by atoms with van der Waals surface area (Å²) < 4.78 is 33.0. The summed E-state index contributed by atoms with van der Waals surface area (Å²) >= 11 is 0. The number of ether oxygens (including phenoxy) is 1. The van der Waals surface area contributed by atoms with Crippen molar-refractivity contribution in [3.63, 3.8) is 0 Å². The number of hydrogen-bond donors (Lipinski definition) is 0. The number of hydrogen-bond acceptors (Lipinski definition) is 6. The first-order chi connectivity index (χ1) is 13.9. The second kappa shape index (κ2) is 6.89. The number of anilines is 1. The number of fused-ring (bicyclic) bond motifs is 3. The average molecular weight is 418 g/mol. The molecule has 5 rings (SSSR count). The quantitative estimate of drug-likeness (QED) is 0.751. The molecular weight excluding hydrogens is 390 g/mol. The van der Waals surface area contributed by atoms with E-state index in [0.29, 0.717) is 37.6 Å². The minimum absolute atomic E-state index is 0.149. The Labute approximate surface area is 171 Å². The van der Waals surface area contributed by atoms with E-state index in [2.05, 4.69) is 4.99 Å². The Hall–Kier alpha value is -1.77. The highest BCUT2D eigenvalue weighted by molar-refractivity contribution is 7.89. The van der Waals surface area contributed by atoms with Crippen LogP contribution in [-0.2, 0) is 14.8 Å². The van der Waals surface area contributed by atoms with Gasteiger partial charge in [-0.2, -0.15) is 4.31 Å². The molecule has 1 aliphatic carbocycles. The molecule has 0 radical (unpaired) electrons. The van der Waals surface area contributed by atoms with Crippen LogP contribution >= 0.6 is 0 Å². The van der Waals surface area contributed by atoms with Crippen LogP contribution in [0.15, 0.2) is 28.1 Å². The van der Waals surface area contributed by atoms with Crippen LogP contribution < -0.4 is 4.90 Å². The number of methoxy groups -OCH3 is 1. The van der Waals surface area contributed by atoms with Gasteiger partial charge in [-0.25, -0.2) is 8.42 Å². The fourth-order valence-corrected chi connectivity index (χ4v) is 6.93. The normalized spacial score (nSPS) is 26.1. The predicted molar refractivity (Wildman–Crippen MR) is 110 cm³/mol. The Morgan fingerprint density at radius 1 is 1.28 bits per heavy atom. The SMILES string of the molecule is COC[C@@H]1CCN(S(=O)(=O)c2ccc3c(c2)C(=O)C2=NCC4(CCCC4)CN23)C1. The van der Waals surface area contributed by atoms with Crippen molar-refractivity contribution in [1.82, 2.24) is 4.31 Å². The fourth-order valence-electron chi connectivity index (χ4n) is 5.37. The molecule has 1 atom stereocenters. The molecule has 3 heterocycles. The number of carbonyl (C=O) groups excluding carboxylic acids is 1. The van der Waals surface area contributed by atoms with Crippen molar-refractivity contribution in [3.05, 3.63) is 23.8 Å². The summed E-state index contributed by atoms with van der Waals surface area (Å²) in [5, 5.41) is 0. The zero-order chi connectivity index (χ0) is 20.2. The number of ketones is 1. The monoisotopic (exact) mass is 417 g/mol. The third kappa shape index (κ3) is 3.04. The Morgan fingerprint density at radius 2 is 2.07 bits per heavy atom. The molecule has 8 heteroatoms. The van der Waals surface area contributed by atoms with Crippen LogP contribution in [0.25, 0.3) is 0 Å². The lowest BCUT2D eigenvalue weighted by atomic mass is 9.84. The molecule has 3 aliphatic heterocycles. The lowest BCUT2D eigenvalue weighted by Gasteiger charge is -2.37. The zero-order valence-corrected chi connectivity index (χ0v) is 17.6. The van der Waals surface area contributed by atoms with E-state index in [0.717, 1.165) is 31.5 Å². The van der Waals surface area contributed by atoms with E-state index in [-0.39, 0.29) is 22.0 Å². The first-order valence-electron chi connectivity index (χ1n) is 10.4.